The summed E-state index contributed by atoms with van der Waals surface area (Å²) in [6, 6.07) is 0. The van der Waals surface area contributed by atoms with Crippen LogP contribution in [0.3, 0.4) is 0 Å². The summed E-state index contributed by atoms with van der Waals surface area (Å²) < 4.78 is 107. The van der Waals surface area contributed by atoms with E-state index in [9.17, 15) is 39.9 Å². The molecule has 0 aromatic carbocycles. The maximum Gasteiger partial charge on any atom is 0.381 e. The molecular weight excluding hydrogens is 364 g/mol. The third-order valence-corrected chi connectivity index (χ3v) is 6.54. The Bertz CT molecular complexity index is 588. The molecule has 4 fully saturated rings. The maximum atomic E-state index is 13.5. The molecule has 0 amide bonds. The fraction of sp³-hybridized carbons (Fsp3) is 0.933. The van der Waals surface area contributed by atoms with Crippen LogP contribution >= 0.6 is 0 Å². The molecule has 25 heavy (non-hydrogen) atoms. The number of esters is 1. The van der Waals surface area contributed by atoms with Crippen LogP contribution in [0.1, 0.15) is 20.3 Å². The molecule has 4 bridgehead atoms. The Labute approximate surface area is 137 Å². The van der Waals surface area contributed by atoms with Crippen LogP contribution in [0.4, 0.5) is 35.1 Å². The monoisotopic (exact) mass is 380 g/mol. The van der Waals surface area contributed by atoms with Crippen LogP contribution in [-0.2, 0) is 9.53 Å². The predicted octanol–water partition coefficient (Wildman–Crippen LogP) is 4.24. The Morgan fingerprint density at radius 2 is 1.72 bits per heavy atom. The molecule has 6 atom stereocenters. The van der Waals surface area contributed by atoms with Gasteiger partial charge in [-0.05, 0) is 36.0 Å². The quantitative estimate of drug-likeness (QED) is 0.509. The summed E-state index contributed by atoms with van der Waals surface area (Å²) in [5.41, 5.74) is -1.03. The second-order valence-electron chi connectivity index (χ2n) is 7.39. The van der Waals surface area contributed by atoms with Gasteiger partial charge in [0.15, 0.2) is 6.61 Å². The van der Waals surface area contributed by atoms with Crippen molar-refractivity contribution in [3.05, 3.63) is 0 Å². The van der Waals surface area contributed by atoms with Gasteiger partial charge in [0.05, 0.1) is 5.41 Å². The van der Waals surface area contributed by atoms with Gasteiger partial charge >= 0.3 is 30.2 Å². The minimum Gasteiger partial charge on any atom is -0.459 e. The Hall–Kier alpha value is -1.09. The number of halogens is 8. The minimum atomic E-state index is -6.36. The van der Waals surface area contributed by atoms with E-state index in [1.54, 1.807) is 6.92 Å². The molecule has 10 heteroatoms. The number of carbonyl (C=O) groups is 1. The van der Waals surface area contributed by atoms with Gasteiger partial charge in [0, 0.05) is 0 Å². The Morgan fingerprint density at radius 3 is 2.08 bits per heavy atom. The summed E-state index contributed by atoms with van der Waals surface area (Å²) in [5, 5.41) is 0. The van der Waals surface area contributed by atoms with Crippen molar-refractivity contribution >= 4 is 5.97 Å². The Morgan fingerprint density at radius 1 is 1.16 bits per heavy atom. The highest BCUT2D eigenvalue weighted by Gasteiger charge is 2.85. The highest BCUT2D eigenvalue weighted by molar-refractivity contribution is 5.84. The van der Waals surface area contributed by atoms with E-state index < -0.39 is 42.2 Å². The Kier molecular flexibility index (Phi) is 3.74. The topological polar surface area (TPSA) is 26.3 Å². The summed E-state index contributed by atoms with van der Waals surface area (Å²) in [6.07, 6.45) is -4.28. The molecule has 0 radical (unpaired) electrons. The van der Waals surface area contributed by atoms with Crippen molar-refractivity contribution in [3.63, 3.8) is 0 Å². The lowest BCUT2D eigenvalue weighted by molar-refractivity contribution is -0.344. The zero-order valence-corrected chi connectivity index (χ0v) is 13.2. The zero-order valence-electron chi connectivity index (χ0n) is 13.2. The number of carbonyl (C=O) groups excluding carboxylic acids is 1. The average molecular weight is 380 g/mol. The van der Waals surface area contributed by atoms with Gasteiger partial charge in [-0.1, -0.05) is 13.8 Å². The maximum absolute atomic E-state index is 13.5. The van der Waals surface area contributed by atoms with Crippen molar-refractivity contribution in [1.82, 2.24) is 0 Å². The normalized spacial score (nSPS) is 39.9. The van der Waals surface area contributed by atoms with Crippen LogP contribution in [0.5, 0.6) is 0 Å². The fourth-order valence-corrected chi connectivity index (χ4v) is 5.31. The van der Waals surface area contributed by atoms with Crippen LogP contribution in [0, 0.1) is 35.0 Å². The van der Waals surface area contributed by atoms with Crippen LogP contribution in [0.2, 0.25) is 0 Å². The van der Waals surface area contributed by atoms with E-state index in [-0.39, 0.29) is 29.6 Å². The molecule has 0 aromatic heterocycles. The van der Waals surface area contributed by atoms with Crippen molar-refractivity contribution in [2.45, 2.75) is 44.5 Å². The van der Waals surface area contributed by atoms with E-state index >= 15 is 0 Å². The molecule has 2 nitrogen and oxygen atoms in total. The molecule has 144 valence electrons. The molecule has 4 aliphatic rings. The van der Waals surface area contributed by atoms with E-state index in [0.29, 0.717) is 6.42 Å². The number of hydrogen-bond donors (Lipinski definition) is 0. The summed E-state index contributed by atoms with van der Waals surface area (Å²) in [4.78, 5) is 12.2. The van der Waals surface area contributed by atoms with Gasteiger partial charge in [-0.15, -0.1) is 0 Å². The number of alkyl halides is 8. The molecule has 0 N–H and O–H groups in total. The van der Waals surface area contributed by atoms with Crippen molar-refractivity contribution in [3.8, 4) is 0 Å². The van der Waals surface area contributed by atoms with Crippen LogP contribution in [0.25, 0.3) is 0 Å². The molecule has 0 aromatic rings. The second kappa shape index (κ2) is 5.00. The molecule has 4 saturated carbocycles. The minimum absolute atomic E-state index is 0.0772. The zero-order chi connectivity index (χ0) is 19.2. The average Bonchev–Trinajstić information content (AvgIpc) is 2.79. The molecule has 4 rings (SSSR count). The first-order valence-corrected chi connectivity index (χ1v) is 7.83. The lowest BCUT2D eigenvalue weighted by atomic mass is 9.90. The van der Waals surface area contributed by atoms with Crippen molar-refractivity contribution < 1.29 is 44.7 Å². The number of rotatable bonds is 6. The number of ether oxygens (including phenoxy) is 1. The predicted molar refractivity (Wildman–Crippen MR) is 67.7 cm³/mol. The molecule has 0 spiro atoms. The summed E-state index contributed by atoms with van der Waals surface area (Å²) in [5.74, 6) is -19.3. The van der Waals surface area contributed by atoms with Crippen LogP contribution in [-0.4, -0.2) is 36.8 Å². The number of hydrogen-bond acceptors (Lipinski definition) is 2. The van der Waals surface area contributed by atoms with E-state index in [4.69, 9.17) is 0 Å². The first-order chi connectivity index (χ1) is 11.2. The smallest absolute Gasteiger partial charge is 0.381 e. The fourth-order valence-electron chi connectivity index (χ4n) is 5.31. The molecule has 0 heterocycles. The second-order valence-corrected chi connectivity index (χ2v) is 7.39. The molecular formula is C15H16F8O2. The van der Waals surface area contributed by atoms with Crippen LogP contribution < -0.4 is 0 Å². The van der Waals surface area contributed by atoms with Gasteiger partial charge < -0.3 is 4.74 Å². The van der Waals surface area contributed by atoms with Crippen molar-refractivity contribution in [2.24, 2.45) is 35.0 Å². The molecule has 0 saturated heterocycles. The third kappa shape index (κ3) is 1.99. The largest absolute Gasteiger partial charge is 0.459 e. The molecule has 4 aliphatic carbocycles. The van der Waals surface area contributed by atoms with Gasteiger partial charge in [0.2, 0.25) is 0 Å². The van der Waals surface area contributed by atoms with Gasteiger partial charge in [0.1, 0.15) is 0 Å². The molecule has 0 aliphatic heterocycles. The lowest BCUT2D eigenvalue weighted by Crippen LogP contribution is -2.59. The van der Waals surface area contributed by atoms with E-state index in [1.807, 2.05) is 6.92 Å². The Balaban J connectivity index is 1.71. The van der Waals surface area contributed by atoms with E-state index in [0.717, 1.165) is 0 Å². The summed E-state index contributed by atoms with van der Waals surface area (Å²) >= 11 is 0. The van der Waals surface area contributed by atoms with Gasteiger partial charge in [0.25, 0.3) is 0 Å². The van der Waals surface area contributed by atoms with Gasteiger partial charge in [-0.3, -0.25) is 4.79 Å². The molecule has 6 unspecified atom stereocenters. The van der Waals surface area contributed by atoms with Gasteiger partial charge in [-0.25, -0.2) is 8.78 Å². The van der Waals surface area contributed by atoms with E-state index in [2.05, 4.69) is 4.74 Å². The standard InChI is InChI=1S/C15H16F8O2/c1-5-7-3-8-9(5)13(8,6(7)2)11(24)25-4-12(18,19)15(22,23)14(20,21)10(16)17/h5-10H,3-4H2,1-2H3. The SMILES string of the molecule is CC1C2CC3C1C3(C(=O)OCC(F)(F)C(F)(F)C(F)(F)C(F)F)C2C. The van der Waals surface area contributed by atoms with Gasteiger partial charge in [-0.2, -0.15) is 26.3 Å². The van der Waals surface area contributed by atoms with Crippen molar-refractivity contribution in [1.29, 1.82) is 0 Å². The highest BCUT2D eigenvalue weighted by Crippen LogP contribution is 2.83. The summed E-state index contributed by atoms with van der Waals surface area (Å²) in [6.45, 7) is 1.28. The summed E-state index contributed by atoms with van der Waals surface area (Å²) in [7, 11) is 0. The van der Waals surface area contributed by atoms with E-state index in [1.165, 1.54) is 0 Å². The lowest BCUT2D eigenvalue weighted by Gasteiger charge is -2.32. The first-order valence-electron chi connectivity index (χ1n) is 7.83. The first kappa shape index (κ1) is 18.7. The van der Waals surface area contributed by atoms with Crippen LogP contribution in [0.15, 0.2) is 0 Å². The highest BCUT2D eigenvalue weighted by atomic mass is 19.4. The van der Waals surface area contributed by atoms with Crippen molar-refractivity contribution in [2.75, 3.05) is 6.61 Å². The third-order valence-electron chi connectivity index (χ3n) is 6.54.